The monoisotopic (exact) mass is 296 g/mol. The first-order chi connectivity index (χ1) is 8.20. The highest BCUT2D eigenvalue weighted by atomic mass is 32.2. The van der Waals surface area contributed by atoms with Crippen molar-refractivity contribution in [3.63, 3.8) is 0 Å². The first-order valence-electron chi connectivity index (χ1n) is 5.70. The summed E-state index contributed by atoms with van der Waals surface area (Å²) in [5, 5.41) is 0. The molecule has 2 unspecified atom stereocenters. The molecule has 0 heterocycles. The Hall–Kier alpha value is -0.340. The van der Waals surface area contributed by atoms with Gasteiger partial charge in [-0.1, -0.05) is 12.3 Å². The van der Waals surface area contributed by atoms with Gasteiger partial charge in [-0.25, -0.2) is 0 Å². The molecule has 0 aliphatic rings. The Morgan fingerprint density at radius 2 is 2.00 bits per heavy atom. The van der Waals surface area contributed by atoms with Crippen LogP contribution in [0.3, 0.4) is 0 Å². The third-order valence-corrected chi connectivity index (χ3v) is 5.24. The second-order valence-electron chi connectivity index (χ2n) is 4.26. The number of hydrogen-bond donors (Lipinski definition) is 1. The van der Waals surface area contributed by atoms with E-state index >= 15 is 0 Å². The van der Waals surface area contributed by atoms with E-state index in [1.165, 1.54) is 7.11 Å². The summed E-state index contributed by atoms with van der Waals surface area (Å²) in [7, 11) is -5.07. The molecular formula is C11H21O5PS. The normalized spacial score (nSPS) is 16.4. The fourth-order valence-corrected chi connectivity index (χ4v) is 3.28. The third-order valence-electron chi connectivity index (χ3n) is 2.51. The van der Waals surface area contributed by atoms with E-state index in [9.17, 15) is 13.0 Å². The van der Waals surface area contributed by atoms with Crippen molar-refractivity contribution in [1.82, 2.24) is 0 Å². The van der Waals surface area contributed by atoms with E-state index in [0.717, 1.165) is 0 Å². The average molecular weight is 296 g/mol. The Labute approximate surface area is 110 Å². The number of rotatable bonds is 8. The van der Waals surface area contributed by atoms with Gasteiger partial charge >= 0.3 is 0 Å². The van der Waals surface area contributed by atoms with Gasteiger partial charge in [-0.05, 0) is 19.8 Å². The summed E-state index contributed by atoms with van der Waals surface area (Å²) in [5.41, 5.74) is 0. The summed E-state index contributed by atoms with van der Waals surface area (Å²) in [4.78, 5) is 0. The molecule has 0 aromatic heterocycles. The number of hydrogen-bond acceptors (Lipinski definition) is 4. The van der Waals surface area contributed by atoms with Gasteiger partial charge in [-0.3, -0.25) is 9.12 Å². The fourth-order valence-electron chi connectivity index (χ4n) is 1.54. The van der Waals surface area contributed by atoms with Crippen molar-refractivity contribution in [2.24, 2.45) is 5.92 Å². The smallest absolute Gasteiger partial charge is 0.266 e. The molecule has 0 radical (unpaired) electrons. The molecule has 0 aromatic rings. The van der Waals surface area contributed by atoms with E-state index in [-0.39, 0.29) is 11.7 Å². The van der Waals surface area contributed by atoms with Crippen LogP contribution in [0.2, 0.25) is 0 Å². The number of unbranched alkanes of at least 4 members (excludes halogenated alkanes) is 1. The van der Waals surface area contributed by atoms with Crippen LogP contribution >= 0.6 is 7.37 Å². The predicted molar refractivity (Wildman–Crippen MR) is 72.6 cm³/mol. The van der Waals surface area contributed by atoms with Crippen LogP contribution in [0, 0.1) is 17.8 Å². The predicted octanol–water partition coefficient (Wildman–Crippen LogP) is 2.24. The van der Waals surface area contributed by atoms with Crippen LogP contribution in [0.1, 0.15) is 26.2 Å². The van der Waals surface area contributed by atoms with Gasteiger partial charge in [0, 0.05) is 25.9 Å². The first kappa shape index (κ1) is 17.7. The lowest BCUT2D eigenvalue weighted by molar-refractivity contribution is 0.396. The molecule has 0 amide bonds. The van der Waals surface area contributed by atoms with E-state index in [1.807, 2.05) is 0 Å². The van der Waals surface area contributed by atoms with Crippen molar-refractivity contribution in [3.05, 3.63) is 0 Å². The van der Waals surface area contributed by atoms with Gasteiger partial charge in [0.2, 0.25) is 0 Å². The topological polar surface area (TPSA) is 80.7 Å². The van der Waals surface area contributed by atoms with Gasteiger partial charge in [0.05, 0.1) is 5.75 Å². The fraction of sp³-hybridized carbons (Fsp3) is 0.818. The lowest BCUT2D eigenvalue weighted by Gasteiger charge is -2.11. The summed E-state index contributed by atoms with van der Waals surface area (Å²) in [6, 6.07) is 0. The molecule has 0 saturated carbocycles. The second kappa shape index (κ2) is 7.96. The third kappa shape index (κ3) is 9.67. The van der Waals surface area contributed by atoms with Gasteiger partial charge in [0.25, 0.3) is 10.1 Å². The molecule has 2 atom stereocenters. The average Bonchev–Trinajstić information content (AvgIpc) is 2.22. The highest BCUT2D eigenvalue weighted by Crippen LogP contribution is 2.42. The van der Waals surface area contributed by atoms with Crippen molar-refractivity contribution in [2.45, 2.75) is 26.2 Å². The Bertz CT molecular complexity index is 446. The van der Waals surface area contributed by atoms with Crippen molar-refractivity contribution < 1.29 is 22.1 Å². The molecule has 106 valence electrons. The molecule has 18 heavy (non-hydrogen) atoms. The maximum Gasteiger partial charge on any atom is 0.266 e. The summed E-state index contributed by atoms with van der Waals surface area (Å²) in [5.74, 6) is 4.70. The SMILES string of the molecule is CC#CC(CCCCP(C)(=O)OC)CS(=O)(=O)O. The lowest BCUT2D eigenvalue weighted by atomic mass is 10.1. The Kier molecular flexibility index (Phi) is 7.81. The summed E-state index contributed by atoms with van der Waals surface area (Å²) < 4.78 is 46.8. The van der Waals surface area contributed by atoms with E-state index in [2.05, 4.69) is 11.8 Å². The summed E-state index contributed by atoms with van der Waals surface area (Å²) >= 11 is 0. The van der Waals surface area contributed by atoms with Crippen LogP contribution in [0.5, 0.6) is 0 Å². The van der Waals surface area contributed by atoms with Crippen molar-refractivity contribution >= 4 is 17.5 Å². The molecular weight excluding hydrogens is 275 g/mol. The Morgan fingerprint density at radius 1 is 1.39 bits per heavy atom. The molecule has 5 nitrogen and oxygen atoms in total. The molecule has 0 aliphatic carbocycles. The standard InChI is InChI=1S/C11H21O5PS/c1-4-7-11(10-18(13,14)15)8-5-6-9-17(3,12)16-2/h11H,5-6,8-10H2,1-3H3,(H,13,14,15). The van der Waals surface area contributed by atoms with Crippen LogP contribution in [-0.2, 0) is 19.2 Å². The molecule has 1 N–H and O–H groups in total. The highest BCUT2D eigenvalue weighted by Gasteiger charge is 2.16. The summed E-state index contributed by atoms with van der Waals surface area (Å²) in [6.45, 7) is 3.21. The Morgan fingerprint density at radius 3 is 2.44 bits per heavy atom. The maximum atomic E-state index is 11.6. The molecule has 0 aromatic carbocycles. The van der Waals surface area contributed by atoms with Gasteiger partial charge in [0.15, 0.2) is 7.37 Å². The molecule has 0 saturated heterocycles. The minimum absolute atomic E-state index is 0.345. The zero-order chi connectivity index (χ0) is 14.2. The minimum atomic E-state index is -4.00. The highest BCUT2D eigenvalue weighted by molar-refractivity contribution is 7.85. The molecule has 0 spiro atoms. The van der Waals surface area contributed by atoms with Crippen LogP contribution in [0.4, 0.5) is 0 Å². The lowest BCUT2D eigenvalue weighted by Crippen LogP contribution is -2.14. The molecule has 0 aliphatic heterocycles. The van der Waals surface area contributed by atoms with Crippen LogP contribution in [-0.4, -0.2) is 38.7 Å². The molecule has 7 heteroatoms. The van der Waals surface area contributed by atoms with Crippen LogP contribution < -0.4 is 0 Å². The largest absolute Gasteiger partial charge is 0.332 e. The zero-order valence-electron chi connectivity index (χ0n) is 11.0. The van der Waals surface area contributed by atoms with Gasteiger partial charge in [0.1, 0.15) is 0 Å². The van der Waals surface area contributed by atoms with E-state index < -0.39 is 17.5 Å². The zero-order valence-corrected chi connectivity index (χ0v) is 12.8. The van der Waals surface area contributed by atoms with Gasteiger partial charge < -0.3 is 4.52 Å². The molecule has 0 fully saturated rings. The van der Waals surface area contributed by atoms with Crippen molar-refractivity contribution in [2.75, 3.05) is 25.7 Å². The van der Waals surface area contributed by atoms with Crippen molar-refractivity contribution in [3.8, 4) is 11.8 Å². The summed E-state index contributed by atoms with van der Waals surface area (Å²) in [6.07, 6.45) is 2.43. The Balaban J connectivity index is 4.13. The quantitative estimate of drug-likeness (QED) is 0.321. The maximum absolute atomic E-state index is 11.6. The van der Waals surface area contributed by atoms with Crippen LogP contribution in [0.15, 0.2) is 0 Å². The van der Waals surface area contributed by atoms with Gasteiger partial charge in [-0.15, -0.1) is 5.92 Å². The van der Waals surface area contributed by atoms with Crippen LogP contribution in [0.25, 0.3) is 0 Å². The van der Waals surface area contributed by atoms with E-state index in [1.54, 1.807) is 13.6 Å². The molecule has 0 rings (SSSR count). The van der Waals surface area contributed by atoms with E-state index in [4.69, 9.17) is 9.08 Å². The minimum Gasteiger partial charge on any atom is -0.332 e. The van der Waals surface area contributed by atoms with Gasteiger partial charge in [-0.2, -0.15) is 8.42 Å². The van der Waals surface area contributed by atoms with E-state index in [0.29, 0.717) is 25.4 Å². The molecule has 0 bridgehead atoms. The second-order valence-corrected chi connectivity index (χ2v) is 8.59. The van der Waals surface area contributed by atoms with Crippen molar-refractivity contribution in [1.29, 1.82) is 0 Å². The first-order valence-corrected chi connectivity index (χ1v) is 9.56.